The van der Waals surface area contributed by atoms with Crippen LogP contribution in [0.1, 0.15) is 11.4 Å². The van der Waals surface area contributed by atoms with E-state index in [0.717, 1.165) is 22.4 Å². The number of nitrogen functional groups attached to an aromatic ring is 1. The molecular formula is C17H13N3O2. The number of fused-ring (bicyclic) bond motifs is 1. The average molecular weight is 291 g/mol. The fourth-order valence-corrected chi connectivity index (χ4v) is 2.39. The molecular weight excluding hydrogens is 278 g/mol. The van der Waals surface area contributed by atoms with Crippen LogP contribution in [0.2, 0.25) is 0 Å². The lowest BCUT2D eigenvalue weighted by Crippen LogP contribution is -2.07. The molecule has 0 aliphatic carbocycles. The van der Waals surface area contributed by atoms with Crippen LogP contribution in [-0.4, -0.2) is 16.7 Å². The minimum atomic E-state index is 0.424. The second-order valence-corrected chi connectivity index (χ2v) is 5.04. The van der Waals surface area contributed by atoms with Crippen molar-refractivity contribution in [2.45, 2.75) is 0 Å². The number of aromatic nitrogens is 2. The molecule has 2 aromatic carbocycles. The highest BCUT2D eigenvalue weighted by atomic mass is 16.5. The molecule has 0 spiro atoms. The molecule has 0 saturated heterocycles. The summed E-state index contributed by atoms with van der Waals surface area (Å²) in [5.74, 6) is 1.85. The van der Waals surface area contributed by atoms with Crippen molar-refractivity contribution in [3.8, 4) is 17.2 Å². The summed E-state index contributed by atoms with van der Waals surface area (Å²) in [6.07, 6.45) is 2.02. The zero-order chi connectivity index (χ0) is 14.9. The quantitative estimate of drug-likeness (QED) is 0.734. The number of para-hydroxylation sites is 1. The van der Waals surface area contributed by atoms with Crippen molar-refractivity contribution in [1.82, 2.24) is 10.1 Å². The van der Waals surface area contributed by atoms with E-state index < -0.39 is 0 Å². The first-order valence-electron chi connectivity index (χ1n) is 6.92. The molecule has 2 heterocycles. The van der Waals surface area contributed by atoms with Gasteiger partial charge in [0.15, 0.2) is 0 Å². The zero-order valence-electron chi connectivity index (χ0n) is 11.7. The molecule has 5 nitrogen and oxygen atoms in total. The number of rotatable bonds is 2. The van der Waals surface area contributed by atoms with Crippen molar-refractivity contribution in [3.05, 3.63) is 59.9 Å². The number of nitrogens with zero attached hydrogens (tertiary/aromatic N) is 2. The fourth-order valence-electron chi connectivity index (χ4n) is 2.39. The monoisotopic (exact) mass is 291 g/mol. The summed E-state index contributed by atoms with van der Waals surface area (Å²) in [7, 11) is 0. The molecule has 0 atom stereocenters. The average Bonchev–Trinajstić information content (AvgIpc) is 3.04. The SMILES string of the molecule is Nc1cccc(-c2nc(C3=Cc4ccccc4OC3)no2)c1. The molecule has 0 unspecified atom stereocenters. The van der Waals surface area contributed by atoms with Gasteiger partial charge in [0.2, 0.25) is 5.82 Å². The highest BCUT2D eigenvalue weighted by Gasteiger charge is 2.17. The van der Waals surface area contributed by atoms with Gasteiger partial charge in [0.25, 0.3) is 5.89 Å². The molecule has 22 heavy (non-hydrogen) atoms. The smallest absolute Gasteiger partial charge is 0.258 e. The van der Waals surface area contributed by atoms with Crippen molar-refractivity contribution in [2.75, 3.05) is 12.3 Å². The third kappa shape index (κ3) is 2.22. The maximum atomic E-state index is 5.78. The van der Waals surface area contributed by atoms with Crippen LogP contribution in [0.3, 0.4) is 0 Å². The van der Waals surface area contributed by atoms with Crippen LogP contribution in [0.15, 0.2) is 53.1 Å². The van der Waals surface area contributed by atoms with Crippen LogP contribution < -0.4 is 10.5 Å². The molecule has 108 valence electrons. The molecule has 4 rings (SSSR count). The Labute approximate surface area is 127 Å². The zero-order valence-corrected chi connectivity index (χ0v) is 11.7. The van der Waals surface area contributed by atoms with Gasteiger partial charge in [0.1, 0.15) is 12.4 Å². The molecule has 2 N–H and O–H groups in total. The Morgan fingerprint density at radius 3 is 2.86 bits per heavy atom. The summed E-state index contributed by atoms with van der Waals surface area (Å²) < 4.78 is 11.0. The van der Waals surface area contributed by atoms with E-state index in [9.17, 15) is 0 Å². The second kappa shape index (κ2) is 5.04. The first kappa shape index (κ1) is 12.6. The lowest BCUT2D eigenvalue weighted by Gasteiger charge is -2.15. The van der Waals surface area contributed by atoms with Gasteiger partial charge in [-0.2, -0.15) is 4.98 Å². The fraction of sp³-hybridized carbons (Fsp3) is 0.0588. The number of nitrogens with two attached hydrogens (primary N) is 1. The van der Waals surface area contributed by atoms with Crippen LogP contribution in [-0.2, 0) is 0 Å². The van der Waals surface area contributed by atoms with Crippen molar-refractivity contribution >= 4 is 17.3 Å². The van der Waals surface area contributed by atoms with Crippen LogP contribution in [0.5, 0.6) is 5.75 Å². The highest BCUT2D eigenvalue weighted by molar-refractivity contribution is 5.83. The minimum absolute atomic E-state index is 0.424. The standard InChI is InChI=1S/C17H13N3O2/c18-14-6-3-5-12(9-14)17-19-16(20-22-17)13-8-11-4-1-2-7-15(11)21-10-13/h1-9H,10,18H2. The topological polar surface area (TPSA) is 74.2 Å². The summed E-state index contributed by atoms with van der Waals surface area (Å²) >= 11 is 0. The molecule has 1 aliphatic heterocycles. The van der Waals surface area contributed by atoms with E-state index in [4.69, 9.17) is 15.0 Å². The Balaban J connectivity index is 1.69. The number of anilines is 1. The third-order valence-electron chi connectivity index (χ3n) is 3.48. The van der Waals surface area contributed by atoms with Gasteiger partial charge in [0, 0.05) is 22.4 Å². The Morgan fingerprint density at radius 2 is 1.95 bits per heavy atom. The van der Waals surface area contributed by atoms with Crippen LogP contribution in [0.4, 0.5) is 5.69 Å². The normalized spacial score (nSPS) is 13.2. The van der Waals surface area contributed by atoms with E-state index in [1.54, 1.807) is 6.07 Å². The van der Waals surface area contributed by atoms with Crippen molar-refractivity contribution < 1.29 is 9.26 Å². The van der Waals surface area contributed by atoms with Gasteiger partial charge in [-0.1, -0.05) is 29.4 Å². The molecule has 1 aliphatic rings. The van der Waals surface area contributed by atoms with Crippen molar-refractivity contribution in [3.63, 3.8) is 0 Å². The van der Waals surface area contributed by atoms with Crippen molar-refractivity contribution in [2.24, 2.45) is 0 Å². The lowest BCUT2D eigenvalue weighted by molar-refractivity contribution is 0.363. The highest BCUT2D eigenvalue weighted by Crippen LogP contribution is 2.30. The Morgan fingerprint density at radius 1 is 1.05 bits per heavy atom. The van der Waals surface area contributed by atoms with E-state index in [-0.39, 0.29) is 0 Å². The molecule has 0 saturated carbocycles. The maximum Gasteiger partial charge on any atom is 0.258 e. The molecule has 0 amide bonds. The Bertz CT molecular complexity index is 868. The van der Waals surface area contributed by atoms with E-state index in [1.165, 1.54) is 0 Å². The predicted molar refractivity (Wildman–Crippen MR) is 84.0 cm³/mol. The van der Waals surface area contributed by atoms with Crippen molar-refractivity contribution in [1.29, 1.82) is 0 Å². The van der Waals surface area contributed by atoms with Gasteiger partial charge in [-0.15, -0.1) is 0 Å². The van der Waals surface area contributed by atoms with Crippen LogP contribution in [0.25, 0.3) is 23.1 Å². The van der Waals surface area contributed by atoms with E-state index in [2.05, 4.69) is 10.1 Å². The molecule has 5 heteroatoms. The first-order valence-corrected chi connectivity index (χ1v) is 6.92. The van der Waals surface area contributed by atoms with E-state index in [1.807, 2.05) is 48.5 Å². The summed E-state index contributed by atoms with van der Waals surface area (Å²) in [6, 6.07) is 15.2. The molecule has 1 aromatic heterocycles. The number of ether oxygens (including phenoxy) is 1. The third-order valence-corrected chi connectivity index (χ3v) is 3.48. The number of hydrogen-bond donors (Lipinski definition) is 1. The lowest BCUT2D eigenvalue weighted by atomic mass is 10.1. The molecule has 3 aromatic rings. The molecule has 0 bridgehead atoms. The van der Waals surface area contributed by atoms with Gasteiger partial charge >= 0.3 is 0 Å². The predicted octanol–water partition coefficient (Wildman–Crippen LogP) is 3.25. The largest absolute Gasteiger partial charge is 0.488 e. The van der Waals surface area contributed by atoms with E-state index >= 15 is 0 Å². The van der Waals surface area contributed by atoms with Gasteiger partial charge in [-0.05, 0) is 30.3 Å². The van der Waals surface area contributed by atoms with Gasteiger partial charge in [0.05, 0.1) is 0 Å². The van der Waals surface area contributed by atoms with Gasteiger partial charge in [-0.25, -0.2) is 0 Å². The number of benzene rings is 2. The van der Waals surface area contributed by atoms with E-state index in [0.29, 0.717) is 24.0 Å². The first-order chi connectivity index (χ1) is 10.8. The molecule has 0 radical (unpaired) electrons. The molecule has 0 fully saturated rings. The van der Waals surface area contributed by atoms with Crippen LogP contribution >= 0.6 is 0 Å². The van der Waals surface area contributed by atoms with Gasteiger partial charge in [-0.3, -0.25) is 0 Å². The summed E-state index contributed by atoms with van der Waals surface area (Å²) in [6.45, 7) is 0.424. The second-order valence-electron chi connectivity index (χ2n) is 5.04. The van der Waals surface area contributed by atoms with Crippen LogP contribution in [0, 0.1) is 0 Å². The summed E-state index contributed by atoms with van der Waals surface area (Å²) in [5.41, 5.74) is 9.14. The Hall–Kier alpha value is -3.08. The maximum absolute atomic E-state index is 5.78. The minimum Gasteiger partial charge on any atom is -0.488 e. The summed E-state index contributed by atoms with van der Waals surface area (Å²) in [4.78, 5) is 4.44. The summed E-state index contributed by atoms with van der Waals surface area (Å²) in [5, 5.41) is 4.04. The number of hydrogen-bond acceptors (Lipinski definition) is 5. The Kier molecular flexibility index (Phi) is 2.89. The van der Waals surface area contributed by atoms with Gasteiger partial charge < -0.3 is 15.0 Å².